The van der Waals surface area contributed by atoms with E-state index in [0.29, 0.717) is 75.0 Å². The molecule has 1 heterocycles. The Labute approximate surface area is 228 Å². The van der Waals surface area contributed by atoms with Crippen molar-refractivity contribution in [2.24, 2.45) is 5.73 Å². The molecule has 0 spiro atoms. The molecule has 1 amide bonds. The van der Waals surface area contributed by atoms with Gasteiger partial charge in [-0.2, -0.15) is 15.0 Å². The first-order chi connectivity index (χ1) is 18.9. The van der Waals surface area contributed by atoms with Gasteiger partial charge in [-0.25, -0.2) is 4.39 Å². The van der Waals surface area contributed by atoms with Crippen molar-refractivity contribution in [3.8, 4) is 0 Å². The fraction of sp³-hybridized carbons (Fsp3) is 0.407. The van der Waals surface area contributed by atoms with Gasteiger partial charge in [0, 0.05) is 43.3 Å². The Morgan fingerprint density at radius 3 is 2.18 bits per heavy atom. The predicted molar refractivity (Wildman–Crippen MR) is 149 cm³/mol. The maximum Gasteiger partial charge on any atom is 0.251 e. The van der Waals surface area contributed by atoms with Gasteiger partial charge in [0.2, 0.25) is 17.8 Å². The number of amides is 1. The van der Waals surface area contributed by atoms with Gasteiger partial charge in [-0.1, -0.05) is 30.3 Å². The molecule has 0 radical (unpaired) electrons. The van der Waals surface area contributed by atoms with Crippen LogP contribution in [0.2, 0.25) is 0 Å². The molecule has 0 atom stereocenters. The standard InChI is InChI=1S/C27H37FN8O3/c1-19(2)33-27-35-25(34-26(36-27)32-18-22-5-3-4-6-23(22)28)31-17-20-7-9-21(10-8-20)24(37)30-12-14-39-16-15-38-13-11-29/h3-10,19H,11-18,29H2,1-2H3,(H,30,37)(H3,31,32,33,34,35,36). The molecule has 3 aromatic rings. The summed E-state index contributed by atoms with van der Waals surface area (Å²) in [7, 11) is 0. The fourth-order valence-corrected chi connectivity index (χ4v) is 3.37. The quantitative estimate of drug-likeness (QED) is 0.162. The van der Waals surface area contributed by atoms with Crippen LogP contribution in [0.3, 0.4) is 0 Å². The van der Waals surface area contributed by atoms with Crippen LogP contribution >= 0.6 is 0 Å². The van der Waals surface area contributed by atoms with E-state index >= 15 is 0 Å². The number of nitrogens with one attached hydrogen (secondary N) is 4. The molecule has 2 aromatic carbocycles. The zero-order valence-corrected chi connectivity index (χ0v) is 22.4. The molecule has 0 aliphatic rings. The van der Waals surface area contributed by atoms with Gasteiger partial charge in [0.15, 0.2) is 0 Å². The summed E-state index contributed by atoms with van der Waals surface area (Å²) in [6.07, 6.45) is 0. The van der Waals surface area contributed by atoms with E-state index < -0.39 is 0 Å². The summed E-state index contributed by atoms with van der Waals surface area (Å²) in [5.74, 6) is 0.604. The third-order valence-electron chi connectivity index (χ3n) is 5.28. The molecule has 0 saturated carbocycles. The Morgan fingerprint density at radius 2 is 1.51 bits per heavy atom. The largest absolute Gasteiger partial charge is 0.378 e. The number of halogens is 1. The molecule has 11 nitrogen and oxygen atoms in total. The van der Waals surface area contributed by atoms with Crippen LogP contribution in [0.5, 0.6) is 0 Å². The highest BCUT2D eigenvalue weighted by Crippen LogP contribution is 2.14. The van der Waals surface area contributed by atoms with Gasteiger partial charge in [-0.15, -0.1) is 0 Å². The molecule has 1 aromatic heterocycles. The van der Waals surface area contributed by atoms with E-state index in [2.05, 4.69) is 36.2 Å². The van der Waals surface area contributed by atoms with Crippen molar-refractivity contribution in [1.82, 2.24) is 20.3 Å². The topological polar surface area (TPSA) is 148 Å². The van der Waals surface area contributed by atoms with Crippen LogP contribution < -0.4 is 27.0 Å². The van der Waals surface area contributed by atoms with Crippen LogP contribution in [0, 0.1) is 5.82 Å². The fourth-order valence-electron chi connectivity index (χ4n) is 3.37. The van der Waals surface area contributed by atoms with Crippen molar-refractivity contribution in [3.63, 3.8) is 0 Å². The average Bonchev–Trinajstić information content (AvgIpc) is 2.92. The minimum absolute atomic E-state index is 0.111. The zero-order chi connectivity index (χ0) is 27.9. The molecule has 0 bridgehead atoms. The lowest BCUT2D eigenvalue weighted by Crippen LogP contribution is -2.27. The van der Waals surface area contributed by atoms with E-state index in [-0.39, 0.29) is 24.3 Å². The van der Waals surface area contributed by atoms with Crippen molar-refractivity contribution < 1.29 is 18.7 Å². The summed E-state index contributed by atoms with van der Waals surface area (Å²) in [6, 6.07) is 13.9. The van der Waals surface area contributed by atoms with E-state index in [9.17, 15) is 9.18 Å². The maximum absolute atomic E-state index is 14.0. The number of hydrogen-bond donors (Lipinski definition) is 5. The summed E-state index contributed by atoms with van der Waals surface area (Å²) >= 11 is 0. The van der Waals surface area contributed by atoms with Crippen LogP contribution in [-0.4, -0.2) is 66.4 Å². The smallest absolute Gasteiger partial charge is 0.251 e. The molecular formula is C27H37FN8O3. The predicted octanol–water partition coefficient (Wildman–Crippen LogP) is 2.78. The highest BCUT2D eigenvalue weighted by Gasteiger charge is 2.10. The van der Waals surface area contributed by atoms with E-state index in [0.717, 1.165) is 5.56 Å². The molecule has 0 saturated heterocycles. The highest BCUT2D eigenvalue weighted by atomic mass is 19.1. The number of aromatic nitrogens is 3. The van der Waals surface area contributed by atoms with Crippen molar-refractivity contribution in [1.29, 1.82) is 0 Å². The van der Waals surface area contributed by atoms with Crippen LogP contribution in [-0.2, 0) is 22.6 Å². The summed E-state index contributed by atoms with van der Waals surface area (Å²) in [5.41, 5.74) is 7.35. The molecule has 0 fully saturated rings. The van der Waals surface area contributed by atoms with Gasteiger partial charge < -0.3 is 36.5 Å². The number of carbonyl (C=O) groups excluding carboxylic acids is 1. The normalized spacial score (nSPS) is 10.9. The lowest BCUT2D eigenvalue weighted by atomic mass is 10.1. The number of benzene rings is 2. The van der Waals surface area contributed by atoms with Crippen molar-refractivity contribution in [2.75, 3.05) is 55.5 Å². The van der Waals surface area contributed by atoms with E-state index in [1.807, 2.05) is 26.0 Å². The Hall–Kier alpha value is -3.87. The molecule has 3 rings (SSSR count). The molecule has 210 valence electrons. The van der Waals surface area contributed by atoms with Crippen molar-refractivity contribution >= 4 is 23.8 Å². The third-order valence-corrected chi connectivity index (χ3v) is 5.28. The lowest BCUT2D eigenvalue weighted by molar-refractivity contribution is 0.0511. The van der Waals surface area contributed by atoms with Crippen molar-refractivity contribution in [2.45, 2.75) is 33.0 Å². The summed E-state index contributed by atoms with van der Waals surface area (Å²) < 4.78 is 24.6. The first kappa shape index (κ1) is 29.7. The Kier molecular flexibility index (Phi) is 12.3. The first-order valence-corrected chi connectivity index (χ1v) is 12.9. The lowest BCUT2D eigenvalue weighted by Gasteiger charge is -2.13. The van der Waals surface area contributed by atoms with E-state index in [4.69, 9.17) is 15.2 Å². The number of nitrogens with two attached hydrogens (primary N) is 1. The number of anilines is 3. The monoisotopic (exact) mass is 540 g/mol. The second-order valence-electron chi connectivity index (χ2n) is 8.87. The molecule has 0 unspecified atom stereocenters. The Bertz CT molecular complexity index is 1160. The van der Waals surface area contributed by atoms with Gasteiger partial charge >= 0.3 is 0 Å². The van der Waals surface area contributed by atoms with Crippen LogP contribution in [0.15, 0.2) is 48.5 Å². The Balaban J connectivity index is 1.51. The van der Waals surface area contributed by atoms with Crippen LogP contribution in [0.25, 0.3) is 0 Å². The van der Waals surface area contributed by atoms with Crippen LogP contribution in [0.4, 0.5) is 22.2 Å². The van der Waals surface area contributed by atoms with Gasteiger partial charge in [0.1, 0.15) is 5.82 Å². The first-order valence-electron chi connectivity index (χ1n) is 12.9. The van der Waals surface area contributed by atoms with Gasteiger partial charge in [0.05, 0.1) is 26.4 Å². The second kappa shape index (κ2) is 16.2. The van der Waals surface area contributed by atoms with Crippen molar-refractivity contribution in [3.05, 3.63) is 71.0 Å². The molecule has 6 N–H and O–H groups in total. The second-order valence-corrected chi connectivity index (χ2v) is 8.87. The minimum Gasteiger partial charge on any atom is -0.378 e. The summed E-state index contributed by atoms with van der Waals surface area (Å²) in [5, 5.41) is 12.3. The van der Waals surface area contributed by atoms with Gasteiger partial charge in [-0.05, 0) is 37.6 Å². The van der Waals surface area contributed by atoms with Gasteiger partial charge in [-0.3, -0.25) is 4.79 Å². The van der Waals surface area contributed by atoms with E-state index in [1.165, 1.54) is 6.07 Å². The minimum atomic E-state index is -0.299. The molecular weight excluding hydrogens is 503 g/mol. The van der Waals surface area contributed by atoms with Crippen LogP contribution in [0.1, 0.15) is 35.3 Å². The maximum atomic E-state index is 14.0. The number of ether oxygens (including phenoxy) is 2. The SMILES string of the molecule is CC(C)Nc1nc(NCc2ccc(C(=O)NCCOCCOCCN)cc2)nc(NCc2ccccc2F)n1. The van der Waals surface area contributed by atoms with E-state index in [1.54, 1.807) is 30.3 Å². The Morgan fingerprint density at radius 1 is 0.872 bits per heavy atom. The summed E-state index contributed by atoms with van der Waals surface area (Å²) in [4.78, 5) is 25.6. The number of carbonyl (C=O) groups is 1. The molecule has 39 heavy (non-hydrogen) atoms. The summed E-state index contributed by atoms with van der Waals surface area (Å²) in [6.45, 7) is 7.35. The molecule has 12 heteroatoms. The number of rotatable bonds is 17. The zero-order valence-electron chi connectivity index (χ0n) is 22.4. The number of nitrogens with zero attached hydrogens (tertiary/aromatic N) is 3. The molecule has 0 aliphatic heterocycles. The number of hydrogen-bond acceptors (Lipinski definition) is 10. The average molecular weight is 541 g/mol. The highest BCUT2D eigenvalue weighted by molar-refractivity contribution is 5.94. The molecule has 0 aliphatic carbocycles. The van der Waals surface area contributed by atoms with Gasteiger partial charge in [0.25, 0.3) is 5.91 Å². The third kappa shape index (κ3) is 10.8.